The molecule has 1 unspecified atom stereocenters. The summed E-state index contributed by atoms with van der Waals surface area (Å²) < 4.78 is 28.8. The number of piperazine rings is 1. The van der Waals surface area contributed by atoms with Crippen LogP contribution in [-0.4, -0.2) is 72.5 Å². The molecule has 1 N–H and O–H groups in total. The first-order valence-corrected chi connectivity index (χ1v) is 9.02. The number of sulfonamides is 1. The lowest BCUT2D eigenvalue weighted by Crippen LogP contribution is -2.49. The summed E-state index contributed by atoms with van der Waals surface area (Å²) in [6, 6.07) is 0.347. The highest BCUT2D eigenvalue weighted by molar-refractivity contribution is 7.89. The zero-order chi connectivity index (χ0) is 14.9. The van der Waals surface area contributed by atoms with Gasteiger partial charge in [0.2, 0.25) is 0 Å². The van der Waals surface area contributed by atoms with Gasteiger partial charge < -0.3 is 9.88 Å². The van der Waals surface area contributed by atoms with Gasteiger partial charge in [-0.25, -0.2) is 13.4 Å². The lowest BCUT2D eigenvalue weighted by atomic mass is 10.2. The van der Waals surface area contributed by atoms with E-state index in [0.29, 0.717) is 30.7 Å². The average Bonchev–Trinajstić information content (AvgIpc) is 3.17. The zero-order valence-corrected chi connectivity index (χ0v) is 14.4. The zero-order valence-electron chi connectivity index (χ0n) is 12.8. The third kappa shape index (κ3) is 3.30. The number of nitrogens with one attached hydrogen (secondary N) is 1. The van der Waals surface area contributed by atoms with Crippen LogP contribution in [0, 0.1) is 0 Å². The van der Waals surface area contributed by atoms with Crippen molar-refractivity contribution in [3.8, 4) is 0 Å². The van der Waals surface area contributed by atoms with Crippen molar-refractivity contribution in [3.05, 3.63) is 12.5 Å². The molecule has 0 aliphatic carbocycles. The van der Waals surface area contributed by atoms with Crippen LogP contribution in [0.1, 0.15) is 13.3 Å². The van der Waals surface area contributed by atoms with E-state index < -0.39 is 10.0 Å². The Labute approximate surface area is 138 Å². The summed E-state index contributed by atoms with van der Waals surface area (Å²) in [5, 5.41) is 3.64. The van der Waals surface area contributed by atoms with Crippen molar-refractivity contribution in [2.45, 2.75) is 31.0 Å². The Morgan fingerprint density at radius 1 is 1.32 bits per heavy atom. The van der Waals surface area contributed by atoms with E-state index in [2.05, 4.69) is 15.2 Å². The van der Waals surface area contributed by atoms with Crippen LogP contribution in [0.25, 0.3) is 0 Å². The van der Waals surface area contributed by atoms with Gasteiger partial charge in [-0.1, -0.05) is 0 Å². The van der Waals surface area contributed by atoms with Crippen molar-refractivity contribution in [1.29, 1.82) is 0 Å². The van der Waals surface area contributed by atoms with Gasteiger partial charge in [-0.15, -0.1) is 12.4 Å². The number of hydrogen-bond donors (Lipinski definition) is 1. The van der Waals surface area contributed by atoms with Crippen LogP contribution >= 0.6 is 12.4 Å². The molecule has 0 amide bonds. The first-order valence-electron chi connectivity index (χ1n) is 7.58. The average molecular weight is 350 g/mol. The predicted molar refractivity (Wildman–Crippen MR) is 86.8 cm³/mol. The van der Waals surface area contributed by atoms with Gasteiger partial charge in [-0.2, -0.15) is 4.31 Å². The number of nitrogens with zero attached hydrogens (tertiary/aromatic N) is 4. The van der Waals surface area contributed by atoms with Crippen molar-refractivity contribution in [1.82, 2.24) is 24.1 Å². The number of hydrogen-bond acceptors (Lipinski definition) is 5. The second kappa shape index (κ2) is 7.27. The Hall–Kier alpha value is -0.670. The standard InChI is InChI=1S/C13H23N5O2S.ClH/c1-2-16-11-15-9-13(16)21(19,20)18-6-3-12(10-18)17-7-4-14-5-8-17;/h9,11-12,14H,2-8,10H2,1H3;1H. The minimum Gasteiger partial charge on any atom is -0.321 e. The molecule has 1 aromatic rings. The van der Waals surface area contributed by atoms with E-state index in [4.69, 9.17) is 0 Å². The summed E-state index contributed by atoms with van der Waals surface area (Å²) in [4.78, 5) is 6.38. The Balaban J connectivity index is 0.00000176. The molecule has 126 valence electrons. The van der Waals surface area contributed by atoms with Crippen LogP contribution in [0.15, 0.2) is 17.6 Å². The molecule has 0 spiro atoms. The molecule has 2 aliphatic heterocycles. The minimum atomic E-state index is -3.42. The fourth-order valence-corrected chi connectivity index (χ4v) is 4.81. The summed E-state index contributed by atoms with van der Waals surface area (Å²) in [6.45, 7) is 7.73. The van der Waals surface area contributed by atoms with E-state index in [-0.39, 0.29) is 12.4 Å². The third-order valence-corrected chi connectivity index (χ3v) is 6.29. The van der Waals surface area contributed by atoms with Crippen molar-refractivity contribution in [2.24, 2.45) is 0 Å². The van der Waals surface area contributed by atoms with Crippen molar-refractivity contribution >= 4 is 22.4 Å². The van der Waals surface area contributed by atoms with Gasteiger partial charge in [-0.05, 0) is 13.3 Å². The van der Waals surface area contributed by atoms with Crippen molar-refractivity contribution in [2.75, 3.05) is 39.3 Å². The minimum absolute atomic E-state index is 0. The lowest BCUT2D eigenvalue weighted by molar-refractivity contribution is 0.179. The summed E-state index contributed by atoms with van der Waals surface area (Å²) in [6.07, 6.45) is 3.95. The first kappa shape index (κ1) is 17.7. The Morgan fingerprint density at radius 2 is 2.05 bits per heavy atom. The van der Waals surface area contributed by atoms with Crippen LogP contribution in [0.3, 0.4) is 0 Å². The second-order valence-corrected chi connectivity index (χ2v) is 7.49. The van der Waals surface area contributed by atoms with E-state index in [9.17, 15) is 8.42 Å². The molecule has 0 bridgehead atoms. The Morgan fingerprint density at radius 3 is 2.73 bits per heavy atom. The van der Waals surface area contributed by atoms with E-state index >= 15 is 0 Å². The van der Waals surface area contributed by atoms with Gasteiger partial charge in [0.1, 0.15) is 0 Å². The summed E-state index contributed by atoms with van der Waals surface area (Å²) in [5.41, 5.74) is 0. The molecule has 3 rings (SSSR count). The molecule has 2 aliphatic rings. The van der Waals surface area contributed by atoms with E-state index in [1.165, 1.54) is 6.20 Å². The first-order chi connectivity index (χ1) is 10.1. The molecular weight excluding hydrogens is 326 g/mol. The van der Waals surface area contributed by atoms with Gasteiger partial charge in [-0.3, -0.25) is 4.90 Å². The maximum Gasteiger partial charge on any atom is 0.260 e. The number of imidazole rings is 1. The molecule has 22 heavy (non-hydrogen) atoms. The van der Waals surface area contributed by atoms with Crippen LogP contribution in [0.5, 0.6) is 0 Å². The largest absolute Gasteiger partial charge is 0.321 e. The topological polar surface area (TPSA) is 70.5 Å². The number of halogens is 1. The number of rotatable bonds is 4. The normalized spacial score (nSPS) is 24.3. The summed E-state index contributed by atoms with van der Waals surface area (Å²) in [5.74, 6) is 0. The van der Waals surface area contributed by atoms with Crippen molar-refractivity contribution in [3.63, 3.8) is 0 Å². The molecule has 0 radical (unpaired) electrons. The molecule has 0 saturated carbocycles. The maximum atomic E-state index is 12.7. The summed E-state index contributed by atoms with van der Waals surface area (Å²) >= 11 is 0. The highest BCUT2D eigenvalue weighted by atomic mass is 35.5. The maximum absolute atomic E-state index is 12.7. The molecule has 0 aromatic carbocycles. The fraction of sp³-hybridized carbons (Fsp3) is 0.769. The van der Waals surface area contributed by atoms with Gasteiger partial charge in [0, 0.05) is 51.9 Å². The highest BCUT2D eigenvalue weighted by Crippen LogP contribution is 2.23. The van der Waals surface area contributed by atoms with Crippen LogP contribution in [0.4, 0.5) is 0 Å². The van der Waals surface area contributed by atoms with E-state index in [0.717, 1.165) is 32.6 Å². The van der Waals surface area contributed by atoms with Gasteiger partial charge in [0.15, 0.2) is 5.03 Å². The van der Waals surface area contributed by atoms with Crippen LogP contribution < -0.4 is 5.32 Å². The smallest absolute Gasteiger partial charge is 0.260 e. The molecular formula is C13H24ClN5O2S. The molecule has 7 nitrogen and oxygen atoms in total. The molecule has 1 atom stereocenters. The highest BCUT2D eigenvalue weighted by Gasteiger charge is 2.36. The summed E-state index contributed by atoms with van der Waals surface area (Å²) in [7, 11) is -3.42. The van der Waals surface area contributed by atoms with Crippen LogP contribution in [-0.2, 0) is 16.6 Å². The SMILES string of the molecule is CCn1cncc1S(=O)(=O)N1CCC(N2CCNCC2)C1.Cl. The fourth-order valence-electron chi connectivity index (χ4n) is 3.17. The van der Waals surface area contributed by atoms with Crippen LogP contribution in [0.2, 0.25) is 0 Å². The van der Waals surface area contributed by atoms with Gasteiger partial charge in [0.05, 0.1) is 12.5 Å². The van der Waals surface area contributed by atoms with E-state index in [1.807, 2.05) is 6.92 Å². The molecule has 2 fully saturated rings. The third-order valence-electron chi connectivity index (χ3n) is 4.41. The molecule has 3 heterocycles. The second-order valence-electron chi connectivity index (χ2n) is 5.61. The Kier molecular flexibility index (Phi) is 5.84. The lowest BCUT2D eigenvalue weighted by Gasteiger charge is -2.32. The van der Waals surface area contributed by atoms with E-state index in [1.54, 1.807) is 15.2 Å². The number of aromatic nitrogens is 2. The number of aryl methyl sites for hydroxylation is 1. The molecule has 9 heteroatoms. The molecule has 2 saturated heterocycles. The monoisotopic (exact) mass is 349 g/mol. The van der Waals surface area contributed by atoms with Gasteiger partial charge >= 0.3 is 0 Å². The Bertz CT molecular complexity index is 585. The predicted octanol–water partition coefficient (Wildman–Crippen LogP) is -0.00700. The molecule has 1 aromatic heterocycles. The quantitative estimate of drug-likeness (QED) is 0.828. The van der Waals surface area contributed by atoms with Crippen molar-refractivity contribution < 1.29 is 8.42 Å². The van der Waals surface area contributed by atoms with Gasteiger partial charge in [0.25, 0.3) is 10.0 Å².